The van der Waals surface area contributed by atoms with E-state index in [-0.39, 0.29) is 18.5 Å². The minimum Gasteiger partial charge on any atom is -0.497 e. The van der Waals surface area contributed by atoms with Crippen molar-refractivity contribution in [3.63, 3.8) is 0 Å². The van der Waals surface area contributed by atoms with Crippen LogP contribution in [0.1, 0.15) is 18.5 Å². The van der Waals surface area contributed by atoms with Crippen LogP contribution in [0.25, 0.3) is 0 Å². The van der Waals surface area contributed by atoms with Gasteiger partial charge in [0.05, 0.1) is 13.7 Å². The molecule has 0 heterocycles. The number of carbonyl (C=O) groups is 1. The summed E-state index contributed by atoms with van der Waals surface area (Å²) in [4.78, 5) is 12.0. The fourth-order valence-corrected chi connectivity index (χ4v) is 2.15. The Balaban J connectivity index is 1.85. The zero-order valence-electron chi connectivity index (χ0n) is 12.6. The summed E-state index contributed by atoms with van der Waals surface area (Å²) in [5.41, 5.74) is 1.80. The van der Waals surface area contributed by atoms with Crippen LogP contribution in [0, 0.1) is 0 Å². The number of benzene rings is 2. The first-order chi connectivity index (χ1) is 10.6. The Morgan fingerprint density at radius 3 is 2.64 bits per heavy atom. The number of nitrogens with one attached hydrogen (secondary N) is 2. The molecule has 0 unspecified atom stereocenters. The Labute approximate surface area is 135 Å². The maximum atomic E-state index is 12.0. The fourth-order valence-electron chi connectivity index (χ4n) is 2.02. The molecule has 0 saturated carbocycles. The van der Waals surface area contributed by atoms with Crippen LogP contribution in [0.4, 0.5) is 5.69 Å². The first-order valence-electron chi connectivity index (χ1n) is 7.01. The van der Waals surface area contributed by atoms with Crippen LogP contribution in [0.5, 0.6) is 5.75 Å². The van der Waals surface area contributed by atoms with E-state index >= 15 is 0 Å². The summed E-state index contributed by atoms with van der Waals surface area (Å²) in [6.07, 6.45) is 0. The van der Waals surface area contributed by atoms with E-state index in [4.69, 9.17) is 16.3 Å². The molecule has 4 nitrogen and oxygen atoms in total. The molecule has 2 aromatic carbocycles. The van der Waals surface area contributed by atoms with Gasteiger partial charge in [0.1, 0.15) is 5.75 Å². The monoisotopic (exact) mass is 318 g/mol. The average molecular weight is 319 g/mol. The van der Waals surface area contributed by atoms with E-state index in [9.17, 15) is 4.79 Å². The number of methoxy groups -OCH3 is 1. The zero-order chi connectivity index (χ0) is 15.9. The van der Waals surface area contributed by atoms with E-state index < -0.39 is 0 Å². The smallest absolute Gasteiger partial charge is 0.238 e. The molecule has 2 aromatic rings. The molecule has 0 saturated heterocycles. The second-order valence-electron chi connectivity index (χ2n) is 4.93. The average Bonchev–Trinajstić information content (AvgIpc) is 2.53. The van der Waals surface area contributed by atoms with Gasteiger partial charge in [-0.15, -0.1) is 0 Å². The van der Waals surface area contributed by atoms with Gasteiger partial charge in [-0.3, -0.25) is 4.79 Å². The number of ether oxygens (including phenoxy) is 1. The van der Waals surface area contributed by atoms with Crippen LogP contribution in [0.2, 0.25) is 5.02 Å². The Morgan fingerprint density at radius 1 is 1.23 bits per heavy atom. The van der Waals surface area contributed by atoms with Crippen molar-refractivity contribution in [2.24, 2.45) is 0 Å². The number of hydrogen-bond acceptors (Lipinski definition) is 3. The second kappa shape index (κ2) is 7.82. The van der Waals surface area contributed by atoms with Gasteiger partial charge in [-0.05, 0) is 36.8 Å². The number of anilines is 1. The van der Waals surface area contributed by atoms with Gasteiger partial charge in [0.2, 0.25) is 5.91 Å². The second-order valence-corrected chi connectivity index (χ2v) is 5.37. The number of rotatable bonds is 6. The van der Waals surface area contributed by atoms with Gasteiger partial charge in [0, 0.05) is 22.8 Å². The minimum absolute atomic E-state index is 0.0633. The van der Waals surface area contributed by atoms with E-state index in [1.807, 2.05) is 49.4 Å². The van der Waals surface area contributed by atoms with Crippen LogP contribution < -0.4 is 15.4 Å². The van der Waals surface area contributed by atoms with Crippen molar-refractivity contribution in [2.75, 3.05) is 19.0 Å². The van der Waals surface area contributed by atoms with Gasteiger partial charge in [-0.25, -0.2) is 0 Å². The highest BCUT2D eigenvalue weighted by Gasteiger charge is 2.08. The van der Waals surface area contributed by atoms with Gasteiger partial charge in [0.15, 0.2) is 0 Å². The highest BCUT2D eigenvalue weighted by molar-refractivity contribution is 6.30. The lowest BCUT2D eigenvalue weighted by molar-refractivity contribution is -0.115. The largest absolute Gasteiger partial charge is 0.497 e. The number of carbonyl (C=O) groups excluding carboxylic acids is 1. The van der Waals surface area contributed by atoms with Crippen molar-refractivity contribution in [2.45, 2.75) is 13.0 Å². The molecule has 116 valence electrons. The molecule has 0 spiro atoms. The third-order valence-electron chi connectivity index (χ3n) is 3.29. The first-order valence-corrected chi connectivity index (χ1v) is 7.39. The van der Waals surface area contributed by atoms with Crippen LogP contribution >= 0.6 is 11.6 Å². The topological polar surface area (TPSA) is 50.4 Å². The summed E-state index contributed by atoms with van der Waals surface area (Å²) in [6, 6.07) is 14.9. The molecule has 0 aliphatic rings. The fraction of sp³-hybridized carbons (Fsp3) is 0.235. The van der Waals surface area contributed by atoms with Crippen molar-refractivity contribution in [1.82, 2.24) is 5.32 Å². The molecule has 2 rings (SSSR count). The van der Waals surface area contributed by atoms with Crippen molar-refractivity contribution >= 4 is 23.2 Å². The molecule has 2 N–H and O–H groups in total. The summed E-state index contributed by atoms with van der Waals surface area (Å²) < 4.78 is 5.12. The van der Waals surface area contributed by atoms with E-state index in [0.29, 0.717) is 16.5 Å². The first kappa shape index (κ1) is 16.3. The predicted octanol–water partition coefficient (Wildman–Crippen LogP) is 3.64. The SMILES string of the molecule is COc1cccc(NC(=O)CN[C@@H](C)c2ccc(Cl)cc2)c1. The Hall–Kier alpha value is -2.04. The van der Waals surface area contributed by atoms with Gasteiger partial charge in [0.25, 0.3) is 0 Å². The van der Waals surface area contributed by atoms with Crippen molar-refractivity contribution in [3.05, 3.63) is 59.1 Å². The predicted molar refractivity (Wildman–Crippen MR) is 89.5 cm³/mol. The van der Waals surface area contributed by atoms with Gasteiger partial charge in [-0.2, -0.15) is 0 Å². The van der Waals surface area contributed by atoms with Gasteiger partial charge in [-0.1, -0.05) is 29.8 Å². The molecule has 0 bridgehead atoms. The van der Waals surface area contributed by atoms with Crippen molar-refractivity contribution in [1.29, 1.82) is 0 Å². The maximum Gasteiger partial charge on any atom is 0.238 e. The molecule has 0 aliphatic carbocycles. The normalized spacial score (nSPS) is 11.8. The minimum atomic E-state index is -0.103. The zero-order valence-corrected chi connectivity index (χ0v) is 13.4. The lowest BCUT2D eigenvalue weighted by Crippen LogP contribution is -2.30. The molecule has 1 amide bonds. The number of amides is 1. The summed E-state index contributed by atoms with van der Waals surface area (Å²) in [7, 11) is 1.59. The quantitative estimate of drug-likeness (QED) is 0.855. The Kier molecular flexibility index (Phi) is 5.81. The van der Waals surface area contributed by atoms with Crippen molar-refractivity contribution < 1.29 is 9.53 Å². The number of hydrogen-bond donors (Lipinski definition) is 2. The Morgan fingerprint density at radius 2 is 1.95 bits per heavy atom. The lowest BCUT2D eigenvalue weighted by atomic mass is 10.1. The molecule has 22 heavy (non-hydrogen) atoms. The number of halogens is 1. The van der Waals surface area contributed by atoms with E-state index in [0.717, 1.165) is 5.56 Å². The molecule has 0 fully saturated rings. The molecule has 0 aromatic heterocycles. The highest BCUT2D eigenvalue weighted by atomic mass is 35.5. The maximum absolute atomic E-state index is 12.0. The third kappa shape index (κ3) is 4.76. The summed E-state index contributed by atoms with van der Waals surface area (Å²) in [6.45, 7) is 2.23. The van der Waals surface area contributed by atoms with Gasteiger partial charge < -0.3 is 15.4 Å². The van der Waals surface area contributed by atoms with Crippen LogP contribution in [-0.2, 0) is 4.79 Å². The summed E-state index contributed by atoms with van der Waals surface area (Å²) in [5.74, 6) is 0.606. The van der Waals surface area contributed by atoms with Crippen LogP contribution in [0.15, 0.2) is 48.5 Å². The molecular weight excluding hydrogens is 300 g/mol. The molecule has 0 aliphatic heterocycles. The third-order valence-corrected chi connectivity index (χ3v) is 3.54. The highest BCUT2D eigenvalue weighted by Crippen LogP contribution is 2.17. The standard InChI is InChI=1S/C17H19ClN2O2/c1-12(13-6-8-14(18)9-7-13)19-11-17(21)20-15-4-3-5-16(10-15)22-2/h3-10,12,19H,11H2,1-2H3,(H,20,21)/t12-/m0/s1. The van der Waals surface area contributed by atoms with Crippen LogP contribution in [-0.4, -0.2) is 19.6 Å². The van der Waals surface area contributed by atoms with Gasteiger partial charge >= 0.3 is 0 Å². The molecule has 1 atom stereocenters. The summed E-state index contributed by atoms with van der Waals surface area (Å²) in [5, 5.41) is 6.71. The molecular formula is C17H19ClN2O2. The molecule has 0 radical (unpaired) electrons. The van der Waals surface area contributed by atoms with E-state index in [1.165, 1.54) is 0 Å². The Bertz CT molecular complexity index is 629. The van der Waals surface area contributed by atoms with Crippen LogP contribution in [0.3, 0.4) is 0 Å². The van der Waals surface area contributed by atoms with Crippen molar-refractivity contribution in [3.8, 4) is 5.75 Å². The lowest BCUT2D eigenvalue weighted by Gasteiger charge is -2.14. The molecule has 5 heteroatoms. The summed E-state index contributed by atoms with van der Waals surface area (Å²) >= 11 is 5.86. The van der Waals surface area contributed by atoms with E-state index in [2.05, 4.69) is 10.6 Å². The van der Waals surface area contributed by atoms with E-state index in [1.54, 1.807) is 13.2 Å².